The molecule has 3 heteroatoms. The molecule has 0 saturated carbocycles. The van der Waals surface area contributed by atoms with Crippen LogP contribution in [0.1, 0.15) is 19.8 Å². The van der Waals surface area contributed by atoms with E-state index >= 15 is 0 Å². The number of carbonyl (C=O) groups excluding carboxylic acids is 1. The van der Waals surface area contributed by atoms with E-state index < -0.39 is 0 Å². The number of methoxy groups -OCH3 is 1. The van der Waals surface area contributed by atoms with Crippen molar-refractivity contribution in [2.24, 2.45) is 0 Å². The summed E-state index contributed by atoms with van der Waals surface area (Å²) in [5, 5.41) is 0. The number of nitrogens with zero attached hydrogens (tertiary/aromatic N) is 1. The zero-order valence-corrected chi connectivity index (χ0v) is 8.54. The molecule has 0 bridgehead atoms. The molecule has 0 heterocycles. The highest BCUT2D eigenvalue weighted by atomic mass is 16.5. The summed E-state index contributed by atoms with van der Waals surface area (Å²) < 4.78 is 5.03. The Labute approximate surface area is 80.1 Å². The maximum absolute atomic E-state index is 11.3. The maximum atomic E-state index is 11.3. The first kappa shape index (κ1) is 12.0. The Morgan fingerprint density at radius 1 is 1.69 bits per heavy atom. The third-order valence-corrected chi connectivity index (χ3v) is 1.92. The van der Waals surface area contributed by atoms with Gasteiger partial charge in [-0.1, -0.05) is 5.92 Å². The number of terminal acetylenes is 1. The van der Waals surface area contributed by atoms with E-state index in [1.807, 2.05) is 6.92 Å². The van der Waals surface area contributed by atoms with E-state index in [0.717, 1.165) is 6.42 Å². The summed E-state index contributed by atoms with van der Waals surface area (Å²) in [6.07, 6.45) is 6.44. The molecule has 0 aromatic rings. The van der Waals surface area contributed by atoms with Crippen molar-refractivity contribution < 1.29 is 9.53 Å². The van der Waals surface area contributed by atoms with Gasteiger partial charge in [0.1, 0.15) is 0 Å². The topological polar surface area (TPSA) is 29.5 Å². The van der Waals surface area contributed by atoms with Gasteiger partial charge in [-0.2, -0.15) is 0 Å². The van der Waals surface area contributed by atoms with Crippen LogP contribution in [0.4, 0.5) is 0 Å². The lowest BCUT2D eigenvalue weighted by Crippen LogP contribution is -2.27. The Bertz CT molecular complexity index is 196. The van der Waals surface area contributed by atoms with Gasteiger partial charge < -0.3 is 9.64 Å². The van der Waals surface area contributed by atoms with Crippen LogP contribution in [0.2, 0.25) is 0 Å². The number of amides is 1. The van der Waals surface area contributed by atoms with E-state index in [1.54, 1.807) is 19.1 Å². The van der Waals surface area contributed by atoms with Gasteiger partial charge in [-0.25, -0.2) is 0 Å². The predicted octanol–water partition coefficient (Wildman–Crippen LogP) is 0.893. The fourth-order valence-electron chi connectivity index (χ4n) is 0.861. The molecule has 0 aliphatic heterocycles. The van der Waals surface area contributed by atoms with E-state index in [4.69, 9.17) is 11.2 Å². The van der Waals surface area contributed by atoms with Crippen molar-refractivity contribution in [3.63, 3.8) is 0 Å². The number of rotatable bonds is 5. The van der Waals surface area contributed by atoms with Crippen molar-refractivity contribution in [3.8, 4) is 12.3 Å². The third kappa shape index (κ3) is 5.26. The van der Waals surface area contributed by atoms with Crippen molar-refractivity contribution in [1.29, 1.82) is 0 Å². The van der Waals surface area contributed by atoms with Gasteiger partial charge in [-0.15, -0.1) is 6.42 Å². The normalized spacial score (nSPS) is 11.8. The molecule has 0 fully saturated rings. The number of hydrogen-bond acceptors (Lipinski definition) is 2. The number of carbonyl (C=O) groups is 1. The van der Waals surface area contributed by atoms with Gasteiger partial charge >= 0.3 is 0 Å². The molecule has 0 aliphatic rings. The second-order valence-corrected chi connectivity index (χ2v) is 3.04. The van der Waals surface area contributed by atoms with Gasteiger partial charge in [0.25, 0.3) is 0 Å². The van der Waals surface area contributed by atoms with Crippen LogP contribution in [0.25, 0.3) is 0 Å². The molecular formula is C10H17NO2. The lowest BCUT2D eigenvalue weighted by molar-refractivity contribution is -0.129. The van der Waals surface area contributed by atoms with E-state index in [9.17, 15) is 4.79 Å². The summed E-state index contributed by atoms with van der Waals surface area (Å²) in [5.74, 6) is 2.49. The SMILES string of the molecule is C#CCN(C)C(=O)CCC(C)OC. The summed E-state index contributed by atoms with van der Waals surface area (Å²) >= 11 is 0. The van der Waals surface area contributed by atoms with Crippen LogP contribution < -0.4 is 0 Å². The van der Waals surface area contributed by atoms with Crippen molar-refractivity contribution in [2.45, 2.75) is 25.9 Å². The molecule has 0 rings (SSSR count). The average Bonchev–Trinajstić information content (AvgIpc) is 2.13. The molecule has 0 spiro atoms. The average molecular weight is 183 g/mol. The zero-order valence-electron chi connectivity index (χ0n) is 8.54. The minimum Gasteiger partial charge on any atom is -0.382 e. The third-order valence-electron chi connectivity index (χ3n) is 1.92. The smallest absolute Gasteiger partial charge is 0.223 e. The molecule has 1 amide bonds. The van der Waals surface area contributed by atoms with E-state index in [1.165, 1.54) is 0 Å². The number of hydrogen-bond donors (Lipinski definition) is 0. The lowest BCUT2D eigenvalue weighted by atomic mass is 10.2. The highest BCUT2D eigenvalue weighted by Crippen LogP contribution is 2.02. The van der Waals surface area contributed by atoms with Crippen LogP contribution in [-0.4, -0.2) is 37.6 Å². The molecule has 0 radical (unpaired) electrons. The van der Waals surface area contributed by atoms with Crippen LogP contribution in [0.3, 0.4) is 0 Å². The maximum Gasteiger partial charge on any atom is 0.223 e. The first-order chi connectivity index (χ1) is 6.11. The highest BCUT2D eigenvalue weighted by molar-refractivity contribution is 5.76. The van der Waals surface area contributed by atoms with E-state index in [2.05, 4.69) is 5.92 Å². The summed E-state index contributed by atoms with van der Waals surface area (Å²) in [4.78, 5) is 12.9. The lowest BCUT2D eigenvalue weighted by Gasteiger charge is -2.15. The van der Waals surface area contributed by atoms with Crippen LogP contribution in [0.15, 0.2) is 0 Å². The molecule has 13 heavy (non-hydrogen) atoms. The first-order valence-corrected chi connectivity index (χ1v) is 4.32. The van der Waals surface area contributed by atoms with Gasteiger partial charge in [0.15, 0.2) is 0 Å². The predicted molar refractivity (Wildman–Crippen MR) is 52.2 cm³/mol. The quantitative estimate of drug-likeness (QED) is 0.592. The van der Waals surface area contributed by atoms with Gasteiger partial charge in [-0.05, 0) is 13.3 Å². The molecule has 0 aromatic heterocycles. The molecule has 74 valence electrons. The Balaban J connectivity index is 3.69. The number of ether oxygens (including phenoxy) is 1. The second kappa shape index (κ2) is 6.50. The standard InChI is InChI=1S/C10H17NO2/c1-5-8-11(3)10(12)7-6-9(2)13-4/h1,9H,6-8H2,2-4H3. The highest BCUT2D eigenvalue weighted by Gasteiger charge is 2.09. The van der Waals surface area contributed by atoms with Gasteiger partial charge in [0, 0.05) is 20.6 Å². The molecule has 0 saturated heterocycles. The Kier molecular flexibility index (Phi) is 5.99. The second-order valence-electron chi connectivity index (χ2n) is 3.04. The summed E-state index contributed by atoms with van der Waals surface area (Å²) in [7, 11) is 3.35. The Morgan fingerprint density at radius 2 is 2.31 bits per heavy atom. The fraction of sp³-hybridized carbons (Fsp3) is 0.700. The molecule has 1 atom stereocenters. The van der Waals surface area contributed by atoms with Gasteiger partial charge in [-0.3, -0.25) is 4.79 Å². The van der Waals surface area contributed by atoms with Crippen LogP contribution in [0, 0.1) is 12.3 Å². The van der Waals surface area contributed by atoms with Gasteiger partial charge in [0.05, 0.1) is 12.6 Å². The Hall–Kier alpha value is -1.01. The largest absolute Gasteiger partial charge is 0.382 e. The van der Waals surface area contributed by atoms with Crippen molar-refractivity contribution in [3.05, 3.63) is 0 Å². The summed E-state index contributed by atoms with van der Waals surface area (Å²) in [6.45, 7) is 2.31. The Morgan fingerprint density at radius 3 is 2.77 bits per heavy atom. The molecule has 3 nitrogen and oxygen atoms in total. The van der Waals surface area contributed by atoms with Gasteiger partial charge in [0.2, 0.25) is 5.91 Å². The molecular weight excluding hydrogens is 166 g/mol. The molecule has 0 aromatic carbocycles. The van der Waals surface area contributed by atoms with Crippen molar-refractivity contribution in [2.75, 3.05) is 20.7 Å². The minimum atomic E-state index is 0.0712. The molecule has 0 N–H and O–H groups in total. The van der Waals surface area contributed by atoms with Crippen molar-refractivity contribution in [1.82, 2.24) is 4.90 Å². The minimum absolute atomic E-state index is 0.0712. The van der Waals surface area contributed by atoms with Crippen LogP contribution in [0.5, 0.6) is 0 Å². The van der Waals surface area contributed by atoms with E-state index in [-0.39, 0.29) is 12.0 Å². The van der Waals surface area contributed by atoms with E-state index in [0.29, 0.717) is 13.0 Å². The van der Waals surface area contributed by atoms with Crippen molar-refractivity contribution >= 4 is 5.91 Å². The first-order valence-electron chi connectivity index (χ1n) is 4.32. The monoisotopic (exact) mass is 183 g/mol. The van der Waals surface area contributed by atoms with Crippen LogP contribution in [-0.2, 0) is 9.53 Å². The molecule has 0 aliphatic carbocycles. The molecule has 1 unspecified atom stereocenters. The fourth-order valence-corrected chi connectivity index (χ4v) is 0.861. The zero-order chi connectivity index (χ0) is 10.3. The summed E-state index contributed by atoms with van der Waals surface area (Å²) in [5.41, 5.74) is 0. The summed E-state index contributed by atoms with van der Waals surface area (Å²) in [6, 6.07) is 0. The van der Waals surface area contributed by atoms with Crippen LogP contribution >= 0.6 is 0 Å².